The van der Waals surface area contributed by atoms with Gasteiger partial charge in [-0.3, -0.25) is 19.7 Å². The summed E-state index contributed by atoms with van der Waals surface area (Å²) in [5.41, 5.74) is 1.90. The van der Waals surface area contributed by atoms with Gasteiger partial charge in [0, 0.05) is 44.5 Å². The molecule has 3 rings (SSSR count). The third-order valence-electron chi connectivity index (χ3n) is 4.61. The fourth-order valence-corrected chi connectivity index (χ4v) is 3.26. The van der Waals surface area contributed by atoms with E-state index in [0.717, 1.165) is 31.6 Å². The summed E-state index contributed by atoms with van der Waals surface area (Å²) in [4.78, 5) is 24.7. The van der Waals surface area contributed by atoms with Crippen molar-refractivity contribution in [1.29, 1.82) is 0 Å². The van der Waals surface area contributed by atoms with E-state index in [-0.39, 0.29) is 17.6 Å². The van der Waals surface area contributed by atoms with Crippen LogP contribution in [-0.2, 0) is 4.79 Å². The van der Waals surface area contributed by atoms with Gasteiger partial charge in [0.25, 0.3) is 0 Å². The minimum absolute atomic E-state index is 0.0918. The average molecular weight is 342 g/mol. The van der Waals surface area contributed by atoms with Crippen LogP contribution in [0.25, 0.3) is 11.3 Å². The van der Waals surface area contributed by atoms with Gasteiger partial charge in [0.15, 0.2) is 0 Å². The van der Waals surface area contributed by atoms with Crippen molar-refractivity contribution >= 4 is 5.91 Å². The fraction of sp³-hybridized carbons (Fsp3) is 0.421. The van der Waals surface area contributed by atoms with Gasteiger partial charge >= 0.3 is 0 Å². The molecule has 2 aromatic rings. The first-order valence-electron chi connectivity index (χ1n) is 8.54. The predicted octanol–water partition coefficient (Wildman–Crippen LogP) is 2.55. The molecule has 0 radical (unpaired) electrons. The van der Waals surface area contributed by atoms with Crippen LogP contribution in [0.4, 0.5) is 4.39 Å². The number of hydrogen-bond donors (Lipinski definition) is 0. The molecule has 1 aromatic carbocycles. The molecule has 1 atom stereocenters. The molecule has 0 N–H and O–H groups in total. The predicted molar refractivity (Wildman–Crippen MR) is 94.5 cm³/mol. The summed E-state index contributed by atoms with van der Waals surface area (Å²) in [5.74, 6) is -0.0548. The maximum atomic E-state index is 14.2. The molecule has 1 aliphatic heterocycles. The molecule has 6 heteroatoms. The number of halogens is 1. The lowest BCUT2D eigenvalue weighted by Gasteiger charge is -2.33. The maximum absolute atomic E-state index is 14.2. The molecule has 1 fully saturated rings. The van der Waals surface area contributed by atoms with Crippen LogP contribution in [0.1, 0.15) is 24.5 Å². The Morgan fingerprint density at radius 1 is 1.28 bits per heavy atom. The van der Waals surface area contributed by atoms with Gasteiger partial charge in [-0.15, -0.1) is 0 Å². The highest BCUT2D eigenvalue weighted by atomic mass is 19.1. The Morgan fingerprint density at radius 2 is 2.04 bits per heavy atom. The van der Waals surface area contributed by atoms with Crippen LogP contribution in [0.2, 0.25) is 0 Å². The van der Waals surface area contributed by atoms with E-state index in [9.17, 15) is 9.18 Å². The van der Waals surface area contributed by atoms with Gasteiger partial charge in [-0.05, 0) is 31.5 Å². The fourth-order valence-electron chi connectivity index (χ4n) is 3.26. The van der Waals surface area contributed by atoms with Gasteiger partial charge in [0.2, 0.25) is 5.91 Å². The van der Waals surface area contributed by atoms with Gasteiger partial charge in [0.1, 0.15) is 5.82 Å². The molecule has 1 saturated heterocycles. The smallest absolute Gasteiger partial charge is 0.236 e. The molecule has 0 saturated carbocycles. The summed E-state index contributed by atoms with van der Waals surface area (Å²) in [7, 11) is 3.53. The lowest BCUT2D eigenvalue weighted by molar-refractivity contribution is -0.130. The molecular weight excluding hydrogens is 319 g/mol. The number of aromatic nitrogens is 2. The van der Waals surface area contributed by atoms with E-state index >= 15 is 0 Å². The first-order chi connectivity index (χ1) is 12.1. The second kappa shape index (κ2) is 7.70. The standard InChI is InChI=1S/C19H23FN4O/c1-23(2)17(25)13-24-11-5-6-14(12-24)18-19(22-10-9-21-18)15-7-3-4-8-16(15)20/h3-4,7-10,14H,5-6,11-13H2,1-2H3. The van der Waals surface area contributed by atoms with E-state index in [4.69, 9.17) is 0 Å². The van der Waals surface area contributed by atoms with Crippen LogP contribution >= 0.6 is 0 Å². The monoisotopic (exact) mass is 342 g/mol. The quantitative estimate of drug-likeness (QED) is 0.857. The van der Waals surface area contributed by atoms with E-state index in [2.05, 4.69) is 14.9 Å². The zero-order chi connectivity index (χ0) is 17.8. The largest absolute Gasteiger partial charge is 0.348 e. The summed E-state index contributed by atoms with van der Waals surface area (Å²) in [5, 5.41) is 0. The van der Waals surface area contributed by atoms with Gasteiger partial charge in [0.05, 0.1) is 17.9 Å². The third-order valence-corrected chi connectivity index (χ3v) is 4.61. The highest BCUT2D eigenvalue weighted by Crippen LogP contribution is 2.32. The Morgan fingerprint density at radius 3 is 2.80 bits per heavy atom. The molecule has 5 nitrogen and oxygen atoms in total. The molecule has 132 valence electrons. The molecular formula is C19H23FN4O. The first kappa shape index (κ1) is 17.5. The molecule has 1 aromatic heterocycles. The Labute approximate surface area is 147 Å². The van der Waals surface area contributed by atoms with Crippen molar-refractivity contribution in [2.24, 2.45) is 0 Å². The van der Waals surface area contributed by atoms with Gasteiger partial charge in [-0.25, -0.2) is 4.39 Å². The average Bonchev–Trinajstić information content (AvgIpc) is 2.62. The van der Waals surface area contributed by atoms with Crippen LogP contribution in [0.3, 0.4) is 0 Å². The number of carbonyl (C=O) groups is 1. The van der Waals surface area contributed by atoms with Crippen molar-refractivity contribution in [2.45, 2.75) is 18.8 Å². The summed E-state index contributed by atoms with van der Waals surface area (Å²) in [6.45, 7) is 2.03. The minimum atomic E-state index is -0.292. The van der Waals surface area contributed by atoms with Crippen molar-refractivity contribution in [1.82, 2.24) is 19.8 Å². The number of hydrogen-bond acceptors (Lipinski definition) is 4. The third kappa shape index (κ3) is 4.02. The van der Waals surface area contributed by atoms with Crippen LogP contribution in [-0.4, -0.2) is 59.4 Å². The zero-order valence-corrected chi connectivity index (χ0v) is 14.7. The highest BCUT2D eigenvalue weighted by molar-refractivity contribution is 5.77. The SMILES string of the molecule is CN(C)C(=O)CN1CCCC(c2nccnc2-c2ccccc2F)C1. The van der Waals surface area contributed by atoms with Gasteiger partial charge < -0.3 is 4.90 Å². The van der Waals surface area contributed by atoms with Crippen LogP contribution in [0, 0.1) is 5.82 Å². The van der Waals surface area contributed by atoms with Crippen molar-refractivity contribution in [3.8, 4) is 11.3 Å². The number of amides is 1. The van der Waals surface area contributed by atoms with Crippen molar-refractivity contribution < 1.29 is 9.18 Å². The Bertz CT molecular complexity index is 750. The second-order valence-corrected chi connectivity index (χ2v) is 6.63. The number of rotatable bonds is 4. The number of nitrogens with zero attached hydrogens (tertiary/aromatic N) is 4. The highest BCUT2D eigenvalue weighted by Gasteiger charge is 2.27. The Hall–Kier alpha value is -2.34. The van der Waals surface area contributed by atoms with Gasteiger partial charge in [-0.2, -0.15) is 0 Å². The van der Waals surface area contributed by atoms with E-state index in [0.29, 0.717) is 17.8 Å². The minimum Gasteiger partial charge on any atom is -0.348 e. The number of carbonyl (C=O) groups excluding carboxylic acids is 1. The molecule has 0 bridgehead atoms. The summed E-state index contributed by atoms with van der Waals surface area (Å²) in [6, 6.07) is 6.65. The summed E-state index contributed by atoms with van der Waals surface area (Å²) >= 11 is 0. The lowest BCUT2D eigenvalue weighted by atomic mass is 9.91. The summed E-state index contributed by atoms with van der Waals surface area (Å²) in [6.07, 6.45) is 5.20. The normalized spacial score (nSPS) is 18.1. The number of benzene rings is 1. The Balaban J connectivity index is 1.85. The van der Waals surface area contributed by atoms with Crippen molar-refractivity contribution in [3.63, 3.8) is 0 Å². The topological polar surface area (TPSA) is 49.3 Å². The Kier molecular flexibility index (Phi) is 5.38. The maximum Gasteiger partial charge on any atom is 0.236 e. The summed E-state index contributed by atoms with van der Waals surface area (Å²) < 4.78 is 14.2. The van der Waals surface area contributed by atoms with Crippen LogP contribution < -0.4 is 0 Å². The molecule has 25 heavy (non-hydrogen) atoms. The molecule has 0 spiro atoms. The number of piperidine rings is 1. The number of likely N-dealkylation sites (N-methyl/N-ethyl adjacent to an activating group) is 1. The van der Waals surface area contributed by atoms with Crippen LogP contribution in [0.5, 0.6) is 0 Å². The zero-order valence-electron chi connectivity index (χ0n) is 14.7. The first-order valence-corrected chi connectivity index (χ1v) is 8.54. The van der Waals surface area contributed by atoms with Crippen LogP contribution in [0.15, 0.2) is 36.7 Å². The second-order valence-electron chi connectivity index (χ2n) is 6.63. The van der Waals surface area contributed by atoms with Gasteiger partial charge in [-0.1, -0.05) is 12.1 Å². The molecule has 1 aliphatic rings. The molecule has 1 amide bonds. The van der Waals surface area contributed by atoms with E-state index in [1.54, 1.807) is 49.6 Å². The molecule has 0 aliphatic carbocycles. The molecule has 1 unspecified atom stereocenters. The van der Waals surface area contributed by atoms with Crippen molar-refractivity contribution in [2.75, 3.05) is 33.7 Å². The van der Waals surface area contributed by atoms with E-state index in [1.165, 1.54) is 6.07 Å². The van der Waals surface area contributed by atoms with E-state index < -0.39 is 0 Å². The van der Waals surface area contributed by atoms with Crippen molar-refractivity contribution in [3.05, 3.63) is 48.2 Å². The lowest BCUT2D eigenvalue weighted by Crippen LogP contribution is -2.41. The number of likely N-dealkylation sites (tertiary alicyclic amines) is 1. The molecule has 2 heterocycles. The van der Waals surface area contributed by atoms with E-state index in [1.807, 2.05) is 0 Å².